The van der Waals surface area contributed by atoms with Crippen molar-refractivity contribution >= 4 is 29.0 Å². The van der Waals surface area contributed by atoms with Crippen molar-refractivity contribution in [2.24, 2.45) is 0 Å². The molecule has 7 nitrogen and oxygen atoms in total. The van der Waals surface area contributed by atoms with Crippen LogP contribution in [0.1, 0.15) is 0 Å². The van der Waals surface area contributed by atoms with Crippen LogP contribution in [-0.2, 0) is 6.54 Å². The van der Waals surface area contributed by atoms with Crippen molar-refractivity contribution in [1.29, 1.82) is 0 Å². The van der Waals surface area contributed by atoms with E-state index in [0.717, 1.165) is 0 Å². The van der Waals surface area contributed by atoms with Crippen LogP contribution in [0.5, 0.6) is 0 Å². The molecular weight excluding hydrogens is 318 g/mol. The quantitative estimate of drug-likeness (QED) is 0.754. The predicted octanol–water partition coefficient (Wildman–Crippen LogP) is 2.10. The number of halogens is 1. The van der Waals surface area contributed by atoms with Crippen molar-refractivity contribution in [2.45, 2.75) is 12.6 Å². The first kappa shape index (κ1) is 17.3. The van der Waals surface area contributed by atoms with E-state index < -0.39 is 6.10 Å². The molecule has 2 aromatic rings. The van der Waals surface area contributed by atoms with Gasteiger partial charge in [0.05, 0.1) is 24.5 Å². The van der Waals surface area contributed by atoms with E-state index in [4.69, 9.17) is 11.6 Å². The molecule has 2 rings (SSSR count). The molecule has 1 heterocycles. The Hall–Kier alpha value is -2.09. The van der Waals surface area contributed by atoms with Gasteiger partial charge in [0.1, 0.15) is 0 Å². The molecule has 1 aromatic heterocycles. The van der Waals surface area contributed by atoms with Crippen molar-refractivity contribution in [3.8, 4) is 0 Å². The maximum atomic E-state index is 11.9. The van der Waals surface area contributed by atoms with Crippen LogP contribution < -0.4 is 10.6 Å². The average Bonchev–Trinajstić information content (AvgIpc) is 2.84. The SMILES string of the molecule is CN(C)CC(O)Cn1cc(NC(=O)Nc2cccc(Cl)c2)cn1. The molecule has 0 radical (unpaired) electrons. The summed E-state index contributed by atoms with van der Waals surface area (Å²) < 4.78 is 1.59. The summed E-state index contributed by atoms with van der Waals surface area (Å²) >= 11 is 5.86. The monoisotopic (exact) mass is 337 g/mol. The molecule has 2 amide bonds. The van der Waals surface area contributed by atoms with Crippen molar-refractivity contribution in [3.63, 3.8) is 0 Å². The number of hydrogen-bond acceptors (Lipinski definition) is 4. The molecule has 0 saturated carbocycles. The fourth-order valence-electron chi connectivity index (χ4n) is 2.08. The summed E-state index contributed by atoms with van der Waals surface area (Å²) in [7, 11) is 3.78. The third-order valence-electron chi connectivity index (χ3n) is 2.95. The van der Waals surface area contributed by atoms with Crippen LogP contribution in [0.3, 0.4) is 0 Å². The highest BCUT2D eigenvalue weighted by Crippen LogP contribution is 2.15. The summed E-state index contributed by atoms with van der Waals surface area (Å²) in [5, 5.41) is 19.9. The Morgan fingerprint density at radius 3 is 2.83 bits per heavy atom. The molecule has 8 heteroatoms. The first-order valence-corrected chi connectivity index (χ1v) is 7.49. The molecule has 0 fully saturated rings. The van der Waals surface area contributed by atoms with Gasteiger partial charge in [0.15, 0.2) is 0 Å². The van der Waals surface area contributed by atoms with Gasteiger partial charge in [-0.05, 0) is 32.3 Å². The topological polar surface area (TPSA) is 82.4 Å². The van der Waals surface area contributed by atoms with Crippen LogP contribution in [0.4, 0.5) is 16.2 Å². The molecule has 0 bridgehead atoms. The summed E-state index contributed by atoms with van der Waals surface area (Å²) in [6.45, 7) is 0.896. The van der Waals surface area contributed by atoms with Gasteiger partial charge >= 0.3 is 6.03 Å². The van der Waals surface area contributed by atoms with Gasteiger partial charge in [0.2, 0.25) is 0 Å². The molecule has 0 aliphatic carbocycles. The number of anilines is 2. The molecule has 1 aromatic carbocycles. The Bertz CT molecular complexity index is 659. The van der Waals surface area contributed by atoms with Crippen LogP contribution in [0, 0.1) is 0 Å². The second-order valence-corrected chi connectivity index (χ2v) is 5.89. The number of aliphatic hydroxyl groups is 1. The van der Waals surface area contributed by atoms with E-state index >= 15 is 0 Å². The van der Waals surface area contributed by atoms with Gasteiger partial charge in [-0.1, -0.05) is 17.7 Å². The fraction of sp³-hybridized carbons (Fsp3) is 0.333. The number of rotatable bonds is 6. The highest BCUT2D eigenvalue weighted by atomic mass is 35.5. The van der Waals surface area contributed by atoms with E-state index in [1.54, 1.807) is 35.1 Å². The Balaban J connectivity index is 1.87. The van der Waals surface area contributed by atoms with Crippen LogP contribution in [0.2, 0.25) is 5.02 Å². The number of carbonyl (C=O) groups is 1. The van der Waals surface area contributed by atoms with Crippen LogP contribution in [0.25, 0.3) is 0 Å². The number of carbonyl (C=O) groups excluding carboxylic acids is 1. The van der Waals surface area contributed by atoms with Crippen molar-refractivity contribution < 1.29 is 9.90 Å². The van der Waals surface area contributed by atoms with Crippen molar-refractivity contribution in [3.05, 3.63) is 41.7 Å². The van der Waals surface area contributed by atoms with Gasteiger partial charge in [0.25, 0.3) is 0 Å². The largest absolute Gasteiger partial charge is 0.390 e. The van der Waals surface area contributed by atoms with E-state index in [-0.39, 0.29) is 6.03 Å². The predicted molar refractivity (Wildman–Crippen MR) is 90.9 cm³/mol. The highest BCUT2D eigenvalue weighted by molar-refractivity contribution is 6.30. The van der Waals surface area contributed by atoms with Crippen molar-refractivity contribution in [1.82, 2.24) is 14.7 Å². The van der Waals surface area contributed by atoms with E-state index in [9.17, 15) is 9.90 Å². The second-order valence-electron chi connectivity index (χ2n) is 5.46. The van der Waals surface area contributed by atoms with Crippen LogP contribution in [0.15, 0.2) is 36.7 Å². The van der Waals surface area contributed by atoms with Crippen LogP contribution >= 0.6 is 11.6 Å². The number of likely N-dealkylation sites (N-methyl/N-ethyl adjacent to an activating group) is 1. The number of nitrogens with zero attached hydrogens (tertiary/aromatic N) is 3. The molecule has 23 heavy (non-hydrogen) atoms. The van der Waals surface area contributed by atoms with E-state index in [2.05, 4.69) is 15.7 Å². The summed E-state index contributed by atoms with van der Waals surface area (Å²) in [6, 6.07) is 6.49. The molecule has 1 unspecified atom stereocenters. The summed E-state index contributed by atoms with van der Waals surface area (Å²) in [5.41, 5.74) is 1.14. The first-order chi connectivity index (χ1) is 10.9. The van der Waals surface area contributed by atoms with Crippen LogP contribution in [-0.4, -0.2) is 52.6 Å². The third-order valence-corrected chi connectivity index (χ3v) is 3.18. The average molecular weight is 338 g/mol. The lowest BCUT2D eigenvalue weighted by Gasteiger charge is -2.15. The molecule has 1 atom stereocenters. The van der Waals surface area contributed by atoms with Gasteiger partial charge in [0, 0.05) is 23.5 Å². The van der Waals surface area contributed by atoms with Gasteiger partial charge in [-0.25, -0.2) is 4.79 Å². The third kappa shape index (κ3) is 5.90. The summed E-state index contributed by atoms with van der Waals surface area (Å²) in [5.74, 6) is 0. The standard InChI is InChI=1S/C15H20ClN5O2/c1-20(2)9-14(22)10-21-8-13(7-17-21)19-15(23)18-12-5-3-4-11(16)6-12/h3-8,14,22H,9-10H2,1-2H3,(H2,18,19,23). The first-order valence-electron chi connectivity index (χ1n) is 7.11. The zero-order valence-corrected chi connectivity index (χ0v) is 13.8. The fourth-order valence-corrected chi connectivity index (χ4v) is 2.27. The molecular formula is C15H20ClN5O2. The van der Waals surface area contributed by atoms with Gasteiger partial charge in [-0.15, -0.1) is 0 Å². The second kappa shape index (κ2) is 7.96. The number of aliphatic hydroxyl groups excluding tert-OH is 1. The van der Waals surface area contributed by atoms with Gasteiger partial charge in [-0.2, -0.15) is 5.10 Å². The molecule has 3 N–H and O–H groups in total. The lowest BCUT2D eigenvalue weighted by atomic mass is 10.3. The maximum absolute atomic E-state index is 11.9. The number of urea groups is 1. The minimum absolute atomic E-state index is 0.357. The van der Waals surface area contributed by atoms with Gasteiger partial charge < -0.3 is 20.6 Å². The van der Waals surface area contributed by atoms with E-state index in [1.807, 2.05) is 19.0 Å². The lowest BCUT2D eigenvalue weighted by molar-refractivity contribution is 0.116. The smallest absolute Gasteiger partial charge is 0.323 e. The van der Waals surface area contributed by atoms with E-state index in [0.29, 0.717) is 29.5 Å². The summed E-state index contributed by atoms with van der Waals surface area (Å²) in [4.78, 5) is 13.8. The minimum atomic E-state index is -0.530. The number of amides is 2. The highest BCUT2D eigenvalue weighted by Gasteiger charge is 2.09. The number of nitrogens with one attached hydrogen (secondary N) is 2. The Kier molecular flexibility index (Phi) is 5.97. The van der Waals surface area contributed by atoms with E-state index in [1.165, 1.54) is 6.20 Å². The zero-order valence-electron chi connectivity index (χ0n) is 13.0. The number of hydrogen-bond donors (Lipinski definition) is 3. The molecule has 0 spiro atoms. The normalized spacial score (nSPS) is 12.2. The number of benzene rings is 1. The van der Waals surface area contributed by atoms with Gasteiger partial charge in [-0.3, -0.25) is 4.68 Å². The summed E-state index contributed by atoms with van der Waals surface area (Å²) in [6.07, 6.45) is 2.66. The van der Waals surface area contributed by atoms with Crippen molar-refractivity contribution in [2.75, 3.05) is 31.3 Å². The molecule has 0 saturated heterocycles. The minimum Gasteiger partial charge on any atom is -0.390 e. The Morgan fingerprint density at radius 2 is 2.13 bits per heavy atom. The maximum Gasteiger partial charge on any atom is 0.323 e. The Morgan fingerprint density at radius 1 is 1.39 bits per heavy atom. The molecule has 0 aliphatic rings. The Labute approximate surface area is 139 Å². The number of aromatic nitrogens is 2. The molecule has 0 aliphatic heterocycles. The molecule has 124 valence electrons. The lowest BCUT2D eigenvalue weighted by Crippen LogP contribution is -2.29. The zero-order chi connectivity index (χ0) is 16.8.